The summed E-state index contributed by atoms with van der Waals surface area (Å²) >= 11 is 0. The normalized spacial score (nSPS) is 11.6. The molecular formula is C28H24FN7O. The highest BCUT2D eigenvalue weighted by Crippen LogP contribution is 2.35. The molecular weight excluding hydrogens is 469 g/mol. The summed E-state index contributed by atoms with van der Waals surface area (Å²) in [6.07, 6.45) is 8.79. The zero-order valence-electron chi connectivity index (χ0n) is 20.4. The van der Waals surface area contributed by atoms with Crippen molar-refractivity contribution in [2.75, 3.05) is 27.2 Å². The summed E-state index contributed by atoms with van der Waals surface area (Å²) in [4.78, 5) is 18.6. The largest absolute Gasteiger partial charge is 0.492 e. The Morgan fingerprint density at radius 1 is 0.919 bits per heavy atom. The van der Waals surface area contributed by atoms with Gasteiger partial charge in [0, 0.05) is 53.1 Å². The molecule has 0 amide bonds. The molecule has 0 radical (unpaired) electrons. The van der Waals surface area contributed by atoms with Gasteiger partial charge in [-0.15, -0.1) is 0 Å². The molecule has 5 aromatic heterocycles. The number of aromatic nitrogens is 6. The summed E-state index contributed by atoms with van der Waals surface area (Å²) in [6, 6.07) is 12.6. The Bertz CT molecular complexity index is 1710. The summed E-state index contributed by atoms with van der Waals surface area (Å²) in [6.45, 7) is 1.20. The summed E-state index contributed by atoms with van der Waals surface area (Å²) in [5.74, 6) is 0.122. The third kappa shape index (κ3) is 4.52. The maximum atomic E-state index is 14.5. The van der Waals surface area contributed by atoms with Crippen molar-refractivity contribution < 1.29 is 9.13 Å². The van der Waals surface area contributed by atoms with Crippen LogP contribution in [0.15, 0.2) is 73.4 Å². The van der Waals surface area contributed by atoms with Crippen molar-refractivity contribution in [3.8, 4) is 39.5 Å². The first kappa shape index (κ1) is 22.8. The number of fused-ring (bicyclic) bond motifs is 2. The van der Waals surface area contributed by atoms with Crippen molar-refractivity contribution in [2.45, 2.75) is 0 Å². The van der Waals surface area contributed by atoms with E-state index in [1.165, 1.54) is 12.1 Å². The van der Waals surface area contributed by atoms with Crippen molar-refractivity contribution >= 4 is 21.8 Å². The molecule has 0 saturated carbocycles. The number of halogens is 1. The Balaban J connectivity index is 1.41. The average Bonchev–Trinajstić information content (AvgIpc) is 3.52. The fraction of sp³-hybridized carbons (Fsp3) is 0.143. The minimum absolute atomic E-state index is 0.362. The van der Waals surface area contributed by atoms with E-state index in [0.29, 0.717) is 17.9 Å². The smallest absolute Gasteiger partial charge is 0.127 e. The van der Waals surface area contributed by atoms with E-state index in [2.05, 4.69) is 30.1 Å². The first-order valence-corrected chi connectivity index (χ1v) is 11.9. The zero-order valence-corrected chi connectivity index (χ0v) is 20.4. The van der Waals surface area contributed by atoms with E-state index in [1.807, 2.05) is 49.3 Å². The highest BCUT2D eigenvalue weighted by Gasteiger charge is 2.16. The SMILES string of the molecule is CN(C)CCOc1cc(F)cc(-c2cncc3[nH]c(-c4n[nH]c5cnc(-c6cccnc6)cc45)cc23)c1. The molecule has 37 heavy (non-hydrogen) atoms. The van der Waals surface area contributed by atoms with E-state index < -0.39 is 0 Å². The lowest BCUT2D eigenvalue weighted by Gasteiger charge is -2.12. The fourth-order valence-corrected chi connectivity index (χ4v) is 4.35. The van der Waals surface area contributed by atoms with Crippen LogP contribution in [0, 0.1) is 5.82 Å². The van der Waals surface area contributed by atoms with Crippen molar-refractivity contribution in [2.24, 2.45) is 0 Å². The van der Waals surface area contributed by atoms with Gasteiger partial charge in [-0.05, 0) is 56.1 Å². The third-order valence-electron chi connectivity index (χ3n) is 6.19. The van der Waals surface area contributed by atoms with Gasteiger partial charge in [-0.3, -0.25) is 20.1 Å². The lowest BCUT2D eigenvalue weighted by Crippen LogP contribution is -2.19. The first-order chi connectivity index (χ1) is 18.0. The predicted octanol–water partition coefficient (Wildman–Crippen LogP) is 5.31. The number of pyridine rings is 3. The van der Waals surface area contributed by atoms with Crippen LogP contribution in [0.1, 0.15) is 0 Å². The van der Waals surface area contributed by atoms with Crippen LogP contribution in [0.25, 0.3) is 55.6 Å². The molecule has 0 fully saturated rings. The van der Waals surface area contributed by atoms with Gasteiger partial charge >= 0.3 is 0 Å². The second-order valence-electron chi connectivity index (χ2n) is 9.09. The minimum atomic E-state index is -0.362. The van der Waals surface area contributed by atoms with Gasteiger partial charge in [-0.25, -0.2) is 4.39 Å². The van der Waals surface area contributed by atoms with Gasteiger partial charge in [0.2, 0.25) is 0 Å². The number of benzene rings is 1. The summed E-state index contributed by atoms with van der Waals surface area (Å²) in [5, 5.41) is 9.46. The first-order valence-electron chi connectivity index (χ1n) is 11.9. The Morgan fingerprint density at radius 2 is 1.84 bits per heavy atom. The number of ether oxygens (including phenoxy) is 1. The molecule has 0 bridgehead atoms. The van der Waals surface area contributed by atoms with E-state index in [0.717, 1.165) is 56.6 Å². The van der Waals surface area contributed by atoms with Crippen molar-refractivity contribution in [1.82, 2.24) is 35.0 Å². The summed E-state index contributed by atoms with van der Waals surface area (Å²) in [7, 11) is 3.93. The third-order valence-corrected chi connectivity index (χ3v) is 6.19. The van der Waals surface area contributed by atoms with Crippen LogP contribution in [0.2, 0.25) is 0 Å². The van der Waals surface area contributed by atoms with Crippen LogP contribution in [-0.4, -0.2) is 62.3 Å². The lowest BCUT2D eigenvalue weighted by atomic mass is 10.0. The molecule has 6 rings (SSSR count). The number of nitrogens with one attached hydrogen (secondary N) is 2. The lowest BCUT2D eigenvalue weighted by molar-refractivity contribution is 0.260. The molecule has 2 N–H and O–H groups in total. The van der Waals surface area contributed by atoms with Gasteiger partial charge in [0.1, 0.15) is 23.9 Å². The maximum Gasteiger partial charge on any atom is 0.127 e. The maximum absolute atomic E-state index is 14.5. The molecule has 0 unspecified atom stereocenters. The Morgan fingerprint density at radius 3 is 2.68 bits per heavy atom. The number of hydrogen-bond donors (Lipinski definition) is 2. The Kier molecular flexibility index (Phi) is 5.82. The Hall–Kier alpha value is -4.63. The fourth-order valence-electron chi connectivity index (χ4n) is 4.35. The number of nitrogens with zero attached hydrogens (tertiary/aromatic N) is 5. The molecule has 0 aliphatic rings. The summed E-state index contributed by atoms with van der Waals surface area (Å²) < 4.78 is 20.3. The molecule has 9 heteroatoms. The van der Waals surface area contributed by atoms with Gasteiger partial charge in [-0.1, -0.05) is 0 Å². The van der Waals surface area contributed by atoms with Gasteiger partial charge < -0.3 is 14.6 Å². The van der Waals surface area contributed by atoms with Crippen LogP contribution in [0.5, 0.6) is 5.75 Å². The molecule has 184 valence electrons. The van der Waals surface area contributed by atoms with E-state index in [1.54, 1.807) is 31.0 Å². The monoisotopic (exact) mass is 493 g/mol. The van der Waals surface area contributed by atoms with Gasteiger partial charge in [-0.2, -0.15) is 5.10 Å². The molecule has 0 atom stereocenters. The van der Waals surface area contributed by atoms with E-state index in [-0.39, 0.29) is 5.82 Å². The van der Waals surface area contributed by atoms with Crippen molar-refractivity contribution in [1.29, 1.82) is 0 Å². The van der Waals surface area contributed by atoms with Crippen LogP contribution in [-0.2, 0) is 0 Å². The molecule has 1 aromatic carbocycles. The minimum Gasteiger partial charge on any atom is -0.492 e. The molecule has 8 nitrogen and oxygen atoms in total. The van der Waals surface area contributed by atoms with Crippen LogP contribution in [0.4, 0.5) is 4.39 Å². The molecule has 0 aliphatic heterocycles. The number of hydrogen-bond acceptors (Lipinski definition) is 6. The van der Waals surface area contributed by atoms with Crippen LogP contribution >= 0.6 is 0 Å². The van der Waals surface area contributed by atoms with Crippen molar-refractivity contribution in [3.63, 3.8) is 0 Å². The zero-order chi connectivity index (χ0) is 25.4. The van der Waals surface area contributed by atoms with E-state index >= 15 is 0 Å². The topological polar surface area (TPSA) is 95.6 Å². The Labute approximate surface area is 212 Å². The number of aromatic amines is 2. The van der Waals surface area contributed by atoms with Gasteiger partial charge in [0.15, 0.2) is 0 Å². The van der Waals surface area contributed by atoms with E-state index in [9.17, 15) is 4.39 Å². The van der Waals surface area contributed by atoms with Crippen LogP contribution < -0.4 is 4.74 Å². The predicted molar refractivity (Wildman–Crippen MR) is 142 cm³/mol. The number of likely N-dealkylation sites (N-methyl/N-ethyl adjacent to an activating group) is 1. The number of H-pyrrole nitrogens is 2. The molecule has 0 saturated heterocycles. The summed E-state index contributed by atoms with van der Waals surface area (Å²) in [5.41, 5.74) is 6.45. The highest BCUT2D eigenvalue weighted by molar-refractivity contribution is 6.01. The quantitative estimate of drug-likeness (QED) is 0.313. The molecule has 6 aromatic rings. The second-order valence-corrected chi connectivity index (χ2v) is 9.09. The molecule has 0 spiro atoms. The average molecular weight is 494 g/mol. The standard InChI is InChI=1S/C28H24FN7O/c1-36(2)6-7-37-20-9-18(8-19(29)10-20)23-14-31-15-26-21(23)11-25(33-26)28-22-12-24(17-4-3-5-30-13-17)32-16-27(22)34-35-28/h3-5,8-16,33H,6-7H2,1-2H3,(H,34,35). The van der Waals surface area contributed by atoms with Crippen molar-refractivity contribution in [3.05, 3.63) is 79.3 Å². The highest BCUT2D eigenvalue weighted by atomic mass is 19.1. The second kappa shape index (κ2) is 9.44. The van der Waals surface area contributed by atoms with Crippen LogP contribution in [0.3, 0.4) is 0 Å². The van der Waals surface area contributed by atoms with Gasteiger partial charge in [0.05, 0.1) is 34.8 Å². The number of rotatable bonds is 7. The van der Waals surface area contributed by atoms with E-state index in [4.69, 9.17) is 4.74 Å². The molecule has 5 heterocycles. The molecule has 0 aliphatic carbocycles. The van der Waals surface area contributed by atoms with Gasteiger partial charge in [0.25, 0.3) is 0 Å².